The molecular formula is C23H23ClN4O2S. The molecule has 8 heteroatoms. The van der Waals surface area contributed by atoms with Crippen molar-refractivity contribution in [1.82, 2.24) is 15.0 Å². The highest BCUT2D eigenvalue weighted by Gasteiger charge is 2.14. The van der Waals surface area contributed by atoms with Crippen molar-refractivity contribution in [1.29, 1.82) is 0 Å². The number of hydrogen-bond acceptors (Lipinski definition) is 7. The summed E-state index contributed by atoms with van der Waals surface area (Å²) in [6.07, 6.45) is 0. The van der Waals surface area contributed by atoms with Crippen molar-refractivity contribution in [3.05, 3.63) is 52.6 Å². The van der Waals surface area contributed by atoms with Gasteiger partial charge in [0.1, 0.15) is 11.6 Å². The molecule has 2 aromatic carbocycles. The summed E-state index contributed by atoms with van der Waals surface area (Å²) < 4.78 is 11.5. The van der Waals surface area contributed by atoms with Crippen LogP contribution in [0.5, 0.6) is 11.5 Å². The Morgan fingerprint density at radius 3 is 2.45 bits per heavy atom. The fourth-order valence-corrected chi connectivity index (χ4v) is 4.01. The number of aromatic nitrogens is 3. The van der Waals surface area contributed by atoms with Gasteiger partial charge in [0.15, 0.2) is 11.5 Å². The number of thiazole rings is 1. The normalized spacial score (nSPS) is 11.0. The summed E-state index contributed by atoms with van der Waals surface area (Å²) in [6.45, 7) is 6.95. The number of benzene rings is 2. The molecule has 0 atom stereocenters. The van der Waals surface area contributed by atoms with E-state index >= 15 is 0 Å². The predicted molar refractivity (Wildman–Crippen MR) is 127 cm³/mol. The molecule has 0 radical (unpaired) electrons. The zero-order valence-electron chi connectivity index (χ0n) is 17.6. The Bertz CT molecular complexity index is 1210. The highest BCUT2D eigenvalue weighted by Crippen LogP contribution is 2.36. The van der Waals surface area contributed by atoms with Gasteiger partial charge in [0.2, 0.25) is 0 Å². The molecule has 0 amide bonds. The molecule has 4 aromatic rings. The molecule has 0 aliphatic carbocycles. The molecular weight excluding hydrogens is 432 g/mol. The van der Waals surface area contributed by atoms with Gasteiger partial charge in [0.25, 0.3) is 0 Å². The number of alkyl halides is 1. The van der Waals surface area contributed by atoms with E-state index in [1.165, 1.54) is 0 Å². The number of rotatable bonds is 8. The van der Waals surface area contributed by atoms with E-state index < -0.39 is 0 Å². The summed E-state index contributed by atoms with van der Waals surface area (Å²) in [7, 11) is 0. The number of nitrogens with zero attached hydrogens (tertiary/aromatic N) is 3. The molecule has 4 rings (SSSR count). The van der Waals surface area contributed by atoms with Gasteiger partial charge in [-0.25, -0.2) is 15.0 Å². The van der Waals surface area contributed by atoms with Gasteiger partial charge >= 0.3 is 0 Å². The fourth-order valence-electron chi connectivity index (χ4n) is 3.27. The third kappa shape index (κ3) is 4.73. The number of anilines is 2. The molecule has 0 spiro atoms. The summed E-state index contributed by atoms with van der Waals surface area (Å²) in [6, 6.07) is 11.9. The van der Waals surface area contributed by atoms with Crippen LogP contribution in [0.25, 0.3) is 22.2 Å². The maximum Gasteiger partial charge on any atom is 0.163 e. The van der Waals surface area contributed by atoms with Crippen LogP contribution in [0, 0.1) is 6.92 Å². The molecule has 1 N–H and O–H groups in total. The minimum atomic E-state index is 0.208. The first-order valence-electron chi connectivity index (χ1n) is 10.1. The van der Waals surface area contributed by atoms with Gasteiger partial charge in [-0.15, -0.1) is 22.9 Å². The Hall–Kier alpha value is -2.90. The van der Waals surface area contributed by atoms with E-state index in [0.717, 1.165) is 32.9 Å². The molecule has 160 valence electrons. The van der Waals surface area contributed by atoms with E-state index in [-0.39, 0.29) is 5.88 Å². The molecule has 0 saturated carbocycles. The second-order valence-corrected chi connectivity index (χ2v) is 8.09. The lowest BCUT2D eigenvalue weighted by atomic mass is 10.1. The number of aryl methyl sites for hydroxylation is 1. The maximum atomic E-state index is 6.08. The van der Waals surface area contributed by atoms with Crippen LogP contribution in [-0.2, 0) is 5.88 Å². The number of halogens is 1. The van der Waals surface area contributed by atoms with Crippen LogP contribution >= 0.6 is 22.9 Å². The topological polar surface area (TPSA) is 69.2 Å². The monoisotopic (exact) mass is 454 g/mol. The Balaban J connectivity index is 1.78. The Morgan fingerprint density at radius 1 is 1.00 bits per heavy atom. The van der Waals surface area contributed by atoms with Crippen molar-refractivity contribution in [3.63, 3.8) is 0 Å². The predicted octanol–water partition coefficient (Wildman–Crippen LogP) is 6.34. The van der Waals surface area contributed by atoms with Gasteiger partial charge in [-0.05, 0) is 39.0 Å². The van der Waals surface area contributed by atoms with Gasteiger partial charge in [-0.3, -0.25) is 0 Å². The number of nitrogens with one attached hydrogen (secondary N) is 1. The molecule has 31 heavy (non-hydrogen) atoms. The summed E-state index contributed by atoms with van der Waals surface area (Å²) in [5.74, 6) is 2.72. The summed E-state index contributed by atoms with van der Waals surface area (Å²) in [4.78, 5) is 13.8. The van der Waals surface area contributed by atoms with Crippen molar-refractivity contribution < 1.29 is 9.47 Å². The molecule has 0 aliphatic heterocycles. The molecule has 2 heterocycles. The van der Waals surface area contributed by atoms with E-state index in [1.807, 2.05) is 51.1 Å². The Kier molecular flexibility index (Phi) is 6.53. The van der Waals surface area contributed by atoms with Crippen LogP contribution < -0.4 is 14.8 Å². The van der Waals surface area contributed by atoms with E-state index in [2.05, 4.69) is 31.7 Å². The summed E-state index contributed by atoms with van der Waals surface area (Å²) in [5.41, 5.74) is 3.64. The van der Waals surface area contributed by atoms with Crippen molar-refractivity contribution >= 4 is 45.3 Å². The van der Waals surface area contributed by atoms with Crippen molar-refractivity contribution in [3.8, 4) is 22.8 Å². The lowest BCUT2D eigenvalue weighted by Gasteiger charge is -2.15. The number of fused-ring (bicyclic) bond motifs is 1. The molecule has 0 bridgehead atoms. The van der Waals surface area contributed by atoms with Gasteiger partial charge in [-0.1, -0.05) is 12.1 Å². The average molecular weight is 455 g/mol. The third-order valence-electron chi connectivity index (χ3n) is 4.57. The van der Waals surface area contributed by atoms with Crippen LogP contribution in [0.3, 0.4) is 0 Å². The molecule has 2 aromatic heterocycles. The fraction of sp³-hybridized carbons (Fsp3) is 0.261. The second-order valence-electron chi connectivity index (χ2n) is 6.76. The van der Waals surface area contributed by atoms with Crippen LogP contribution in [0.15, 0.2) is 41.8 Å². The van der Waals surface area contributed by atoms with Crippen LogP contribution in [0.2, 0.25) is 0 Å². The highest BCUT2D eigenvalue weighted by molar-refractivity contribution is 7.09. The van der Waals surface area contributed by atoms with Crippen molar-refractivity contribution in [2.75, 3.05) is 18.5 Å². The van der Waals surface area contributed by atoms with Crippen LogP contribution in [-0.4, -0.2) is 28.2 Å². The molecule has 0 saturated heterocycles. The van der Waals surface area contributed by atoms with Gasteiger partial charge in [-0.2, -0.15) is 0 Å². The molecule has 0 aliphatic rings. The molecule has 0 fully saturated rings. The van der Waals surface area contributed by atoms with E-state index in [9.17, 15) is 0 Å². The first-order valence-corrected chi connectivity index (χ1v) is 11.5. The van der Waals surface area contributed by atoms with E-state index in [1.54, 1.807) is 11.3 Å². The van der Waals surface area contributed by atoms with E-state index in [0.29, 0.717) is 36.4 Å². The summed E-state index contributed by atoms with van der Waals surface area (Å²) >= 11 is 7.71. The molecule has 6 nitrogen and oxygen atoms in total. The standard InChI is InChI=1S/C23H23ClN4O2S/c1-4-29-20-10-17-18(11-21(20)30-5-2)27-22(12-24)28-23(17)26-16-8-6-7-15(9-16)19-13-31-14(3)25-19/h6-11,13H,4-5,12H2,1-3H3,(H,26,27,28). The van der Waals surface area contributed by atoms with E-state index in [4.69, 9.17) is 21.1 Å². The summed E-state index contributed by atoms with van der Waals surface area (Å²) in [5, 5.41) is 7.35. The Labute approximate surface area is 190 Å². The zero-order valence-corrected chi connectivity index (χ0v) is 19.2. The number of hydrogen-bond donors (Lipinski definition) is 1. The van der Waals surface area contributed by atoms with Crippen LogP contribution in [0.4, 0.5) is 11.5 Å². The van der Waals surface area contributed by atoms with Crippen LogP contribution in [0.1, 0.15) is 24.7 Å². The third-order valence-corrected chi connectivity index (χ3v) is 5.58. The highest BCUT2D eigenvalue weighted by atomic mass is 35.5. The number of ether oxygens (including phenoxy) is 2. The van der Waals surface area contributed by atoms with Crippen molar-refractivity contribution in [2.24, 2.45) is 0 Å². The maximum absolute atomic E-state index is 6.08. The quantitative estimate of drug-likeness (QED) is 0.313. The lowest BCUT2D eigenvalue weighted by molar-refractivity contribution is 0.288. The van der Waals surface area contributed by atoms with Gasteiger partial charge < -0.3 is 14.8 Å². The van der Waals surface area contributed by atoms with Crippen molar-refractivity contribution in [2.45, 2.75) is 26.7 Å². The zero-order chi connectivity index (χ0) is 21.8. The first kappa shape index (κ1) is 21.3. The smallest absolute Gasteiger partial charge is 0.163 e. The minimum absolute atomic E-state index is 0.208. The largest absolute Gasteiger partial charge is 0.490 e. The average Bonchev–Trinajstić information content (AvgIpc) is 3.21. The minimum Gasteiger partial charge on any atom is -0.490 e. The molecule has 0 unspecified atom stereocenters. The lowest BCUT2D eigenvalue weighted by Crippen LogP contribution is -2.03. The Morgan fingerprint density at radius 2 is 1.77 bits per heavy atom. The van der Waals surface area contributed by atoms with Gasteiger partial charge in [0.05, 0.1) is 35.3 Å². The second kappa shape index (κ2) is 9.49. The first-order chi connectivity index (χ1) is 15.1. The van der Waals surface area contributed by atoms with Gasteiger partial charge in [0, 0.05) is 28.1 Å². The SMILES string of the molecule is CCOc1cc2nc(CCl)nc(Nc3cccc(-c4csc(C)n4)c3)c2cc1OCC.